The lowest BCUT2D eigenvalue weighted by Gasteiger charge is -2.35. The number of ether oxygens (including phenoxy) is 1. The third kappa shape index (κ3) is 3.43. The second-order valence-electron chi connectivity index (χ2n) is 4.91. The third-order valence-corrected chi connectivity index (χ3v) is 3.64. The molecule has 4 heteroatoms. The first-order valence-corrected chi connectivity index (χ1v) is 6.76. The number of hydrogen-bond donors (Lipinski definition) is 1. The number of pyridine rings is 1. The van der Waals surface area contributed by atoms with Gasteiger partial charge in [0.1, 0.15) is 0 Å². The van der Waals surface area contributed by atoms with E-state index in [-0.39, 0.29) is 0 Å². The first-order chi connectivity index (χ1) is 8.83. The van der Waals surface area contributed by atoms with E-state index in [1.807, 2.05) is 12.3 Å². The Hall–Kier alpha value is -1.13. The van der Waals surface area contributed by atoms with Crippen molar-refractivity contribution in [2.24, 2.45) is 5.73 Å². The highest BCUT2D eigenvalue weighted by Gasteiger charge is 2.21. The topological polar surface area (TPSA) is 51.4 Å². The number of piperidine rings is 1. The Kier molecular flexibility index (Phi) is 4.96. The summed E-state index contributed by atoms with van der Waals surface area (Å²) in [6.45, 7) is 2.93. The maximum Gasteiger partial charge on any atom is 0.212 e. The fraction of sp³-hybridized carbons (Fsp3) is 0.643. The zero-order chi connectivity index (χ0) is 12.8. The molecular formula is C14H23N3O. The molecule has 1 aliphatic rings. The minimum Gasteiger partial charge on any atom is -0.481 e. The molecule has 0 spiro atoms. The van der Waals surface area contributed by atoms with Gasteiger partial charge in [-0.25, -0.2) is 4.98 Å². The van der Waals surface area contributed by atoms with Gasteiger partial charge in [0.25, 0.3) is 0 Å². The molecule has 0 aromatic carbocycles. The van der Waals surface area contributed by atoms with Crippen molar-refractivity contribution in [1.29, 1.82) is 0 Å². The van der Waals surface area contributed by atoms with Crippen LogP contribution in [0.3, 0.4) is 0 Å². The molecule has 0 radical (unpaired) electrons. The van der Waals surface area contributed by atoms with Gasteiger partial charge in [-0.1, -0.05) is 12.5 Å². The standard InChI is InChI=1S/C14H23N3O/c1-18-14-6-5-12(10-16-14)11-17-9-3-2-4-13(17)7-8-15/h5-6,10,13H,2-4,7-9,11,15H2,1H3. The summed E-state index contributed by atoms with van der Waals surface area (Å²) in [7, 11) is 1.64. The zero-order valence-electron chi connectivity index (χ0n) is 11.1. The molecule has 2 heterocycles. The maximum atomic E-state index is 5.70. The van der Waals surface area contributed by atoms with Crippen LogP contribution < -0.4 is 10.5 Å². The average molecular weight is 249 g/mol. The Labute approximate surface area is 109 Å². The van der Waals surface area contributed by atoms with Crippen LogP contribution >= 0.6 is 0 Å². The van der Waals surface area contributed by atoms with E-state index in [2.05, 4.69) is 16.0 Å². The molecule has 1 unspecified atom stereocenters. The molecule has 2 N–H and O–H groups in total. The molecule has 18 heavy (non-hydrogen) atoms. The summed E-state index contributed by atoms with van der Waals surface area (Å²) < 4.78 is 5.08. The minimum atomic E-state index is 0.644. The lowest BCUT2D eigenvalue weighted by Crippen LogP contribution is -2.40. The number of nitrogens with two attached hydrogens (primary N) is 1. The SMILES string of the molecule is COc1ccc(CN2CCCCC2CCN)cn1. The van der Waals surface area contributed by atoms with Crippen LogP contribution in [0.4, 0.5) is 0 Å². The molecule has 1 saturated heterocycles. The van der Waals surface area contributed by atoms with Gasteiger partial charge in [0.05, 0.1) is 7.11 Å². The Morgan fingerprint density at radius 1 is 1.44 bits per heavy atom. The molecule has 0 bridgehead atoms. The Morgan fingerprint density at radius 2 is 2.33 bits per heavy atom. The van der Waals surface area contributed by atoms with Crippen LogP contribution in [0.1, 0.15) is 31.2 Å². The van der Waals surface area contributed by atoms with Gasteiger partial charge in [-0.3, -0.25) is 4.90 Å². The summed E-state index contributed by atoms with van der Waals surface area (Å²) in [6.07, 6.45) is 6.92. The molecular weight excluding hydrogens is 226 g/mol. The van der Waals surface area contributed by atoms with Crippen molar-refractivity contribution in [3.05, 3.63) is 23.9 Å². The van der Waals surface area contributed by atoms with Crippen molar-refractivity contribution >= 4 is 0 Å². The monoisotopic (exact) mass is 249 g/mol. The van der Waals surface area contributed by atoms with Gasteiger partial charge >= 0.3 is 0 Å². The smallest absolute Gasteiger partial charge is 0.212 e. The van der Waals surface area contributed by atoms with Crippen LogP contribution in [-0.2, 0) is 6.54 Å². The molecule has 100 valence electrons. The van der Waals surface area contributed by atoms with E-state index in [1.54, 1.807) is 7.11 Å². The summed E-state index contributed by atoms with van der Waals surface area (Å²) in [4.78, 5) is 6.80. The van der Waals surface area contributed by atoms with Crippen LogP contribution in [0.15, 0.2) is 18.3 Å². The molecule has 0 aliphatic carbocycles. The quantitative estimate of drug-likeness (QED) is 0.864. The fourth-order valence-electron chi connectivity index (χ4n) is 2.65. The number of likely N-dealkylation sites (tertiary alicyclic amines) is 1. The third-order valence-electron chi connectivity index (χ3n) is 3.64. The Morgan fingerprint density at radius 3 is 3.00 bits per heavy atom. The fourth-order valence-corrected chi connectivity index (χ4v) is 2.65. The predicted molar refractivity (Wildman–Crippen MR) is 72.5 cm³/mol. The normalized spacial score (nSPS) is 20.9. The van der Waals surface area contributed by atoms with Crippen molar-refractivity contribution in [2.75, 3.05) is 20.2 Å². The highest BCUT2D eigenvalue weighted by Crippen LogP contribution is 2.21. The van der Waals surface area contributed by atoms with E-state index in [1.165, 1.54) is 31.4 Å². The first kappa shape index (κ1) is 13.3. The molecule has 1 aromatic rings. The van der Waals surface area contributed by atoms with Crippen molar-refractivity contribution in [1.82, 2.24) is 9.88 Å². The molecule has 0 saturated carbocycles. The highest BCUT2D eigenvalue weighted by molar-refractivity contribution is 5.17. The predicted octanol–water partition coefficient (Wildman–Crippen LogP) is 1.79. The largest absolute Gasteiger partial charge is 0.481 e. The summed E-state index contributed by atoms with van der Waals surface area (Å²) in [5, 5.41) is 0. The lowest BCUT2D eigenvalue weighted by molar-refractivity contribution is 0.134. The van der Waals surface area contributed by atoms with Crippen molar-refractivity contribution in [3.63, 3.8) is 0 Å². The second kappa shape index (κ2) is 6.71. The van der Waals surface area contributed by atoms with E-state index in [0.29, 0.717) is 11.9 Å². The van der Waals surface area contributed by atoms with Crippen molar-refractivity contribution in [3.8, 4) is 5.88 Å². The van der Waals surface area contributed by atoms with E-state index in [4.69, 9.17) is 10.5 Å². The van der Waals surface area contributed by atoms with Crippen molar-refractivity contribution in [2.45, 2.75) is 38.3 Å². The van der Waals surface area contributed by atoms with Crippen molar-refractivity contribution < 1.29 is 4.74 Å². The summed E-state index contributed by atoms with van der Waals surface area (Å²) >= 11 is 0. The van der Waals surface area contributed by atoms with Gasteiger partial charge in [0.2, 0.25) is 5.88 Å². The van der Waals surface area contributed by atoms with Gasteiger partial charge in [0.15, 0.2) is 0 Å². The highest BCUT2D eigenvalue weighted by atomic mass is 16.5. The van der Waals surface area contributed by atoms with Gasteiger partial charge in [-0.2, -0.15) is 0 Å². The molecule has 1 fully saturated rings. The summed E-state index contributed by atoms with van der Waals surface area (Å²) in [6, 6.07) is 4.67. The average Bonchev–Trinajstić information content (AvgIpc) is 2.42. The molecule has 4 nitrogen and oxygen atoms in total. The number of rotatable bonds is 5. The zero-order valence-corrected chi connectivity index (χ0v) is 11.1. The van der Waals surface area contributed by atoms with Crippen LogP contribution in [0.2, 0.25) is 0 Å². The number of methoxy groups -OCH3 is 1. The molecule has 1 aliphatic heterocycles. The first-order valence-electron chi connectivity index (χ1n) is 6.76. The Bertz CT molecular complexity index is 351. The van der Waals surface area contributed by atoms with E-state index in [0.717, 1.165) is 19.5 Å². The second-order valence-corrected chi connectivity index (χ2v) is 4.91. The molecule has 0 amide bonds. The minimum absolute atomic E-state index is 0.644. The number of hydrogen-bond acceptors (Lipinski definition) is 4. The van der Waals surface area contributed by atoms with Gasteiger partial charge in [0, 0.05) is 24.8 Å². The van der Waals surface area contributed by atoms with Gasteiger partial charge in [-0.05, 0) is 37.9 Å². The molecule has 1 atom stereocenters. The van der Waals surface area contributed by atoms with E-state index >= 15 is 0 Å². The van der Waals surface area contributed by atoms with Gasteiger partial charge < -0.3 is 10.5 Å². The van der Waals surface area contributed by atoms with Crippen LogP contribution in [0.25, 0.3) is 0 Å². The van der Waals surface area contributed by atoms with Gasteiger partial charge in [-0.15, -0.1) is 0 Å². The lowest BCUT2D eigenvalue weighted by atomic mass is 9.99. The van der Waals surface area contributed by atoms with Crippen LogP contribution in [0, 0.1) is 0 Å². The summed E-state index contributed by atoms with van der Waals surface area (Å²) in [5.74, 6) is 0.677. The van der Waals surface area contributed by atoms with Crippen LogP contribution in [-0.4, -0.2) is 36.1 Å². The van der Waals surface area contributed by atoms with E-state index < -0.39 is 0 Å². The Balaban J connectivity index is 1.96. The molecule has 2 rings (SSSR count). The number of aromatic nitrogens is 1. The summed E-state index contributed by atoms with van der Waals surface area (Å²) in [5.41, 5.74) is 6.95. The molecule has 1 aromatic heterocycles. The maximum absolute atomic E-state index is 5.70. The number of nitrogens with zero attached hydrogens (tertiary/aromatic N) is 2. The van der Waals surface area contributed by atoms with E-state index in [9.17, 15) is 0 Å². The van der Waals surface area contributed by atoms with Crippen LogP contribution in [0.5, 0.6) is 5.88 Å².